The van der Waals surface area contributed by atoms with E-state index >= 15 is 0 Å². The topological polar surface area (TPSA) is 93.1 Å². The second-order valence-corrected chi connectivity index (χ2v) is 5.37. The molecule has 6 nitrogen and oxygen atoms in total. The zero-order valence-corrected chi connectivity index (χ0v) is 12.8. The standard InChI is InChI=1S/C16H20O6/c1-9-11-8-22-16(20)13(11)14(19)10(15(9)21-2)6-4-3-5-7-12(17)18/h19H,3-8H2,1-2H3,(H,17,18). The number of aliphatic carboxylic acids is 1. The first-order valence-electron chi connectivity index (χ1n) is 7.27. The summed E-state index contributed by atoms with van der Waals surface area (Å²) in [5.74, 6) is -0.812. The van der Waals surface area contributed by atoms with E-state index in [1.54, 1.807) is 0 Å². The number of hydrogen-bond donors (Lipinski definition) is 2. The Hall–Kier alpha value is -2.24. The number of hydrogen-bond acceptors (Lipinski definition) is 5. The van der Waals surface area contributed by atoms with E-state index in [-0.39, 0.29) is 24.3 Å². The smallest absolute Gasteiger partial charge is 0.342 e. The molecule has 22 heavy (non-hydrogen) atoms. The lowest BCUT2D eigenvalue weighted by molar-refractivity contribution is -0.137. The van der Waals surface area contributed by atoms with Crippen LogP contribution in [-0.2, 0) is 22.6 Å². The van der Waals surface area contributed by atoms with Gasteiger partial charge in [0.1, 0.15) is 23.7 Å². The van der Waals surface area contributed by atoms with Crippen molar-refractivity contribution in [1.29, 1.82) is 0 Å². The Labute approximate surface area is 128 Å². The number of carbonyl (C=O) groups excluding carboxylic acids is 1. The number of carboxylic acids is 1. The van der Waals surface area contributed by atoms with Crippen molar-refractivity contribution >= 4 is 11.9 Å². The van der Waals surface area contributed by atoms with Crippen LogP contribution in [-0.4, -0.2) is 29.3 Å². The molecule has 0 bridgehead atoms. The van der Waals surface area contributed by atoms with Crippen LogP contribution in [0.3, 0.4) is 0 Å². The molecule has 1 aliphatic heterocycles. The van der Waals surface area contributed by atoms with Crippen LogP contribution in [0.15, 0.2) is 0 Å². The first kappa shape index (κ1) is 16.1. The number of ether oxygens (including phenoxy) is 2. The number of cyclic esters (lactones) is 1. The largest absolute Gasteiger partial charge is 0.507 e. The molecule has 0 amide bonds. The van der Waals surface area contributed by atoms with Gasteiger partial charge in [0, 0.05) is 17.5 Å². The van der Waals surface area contributed by atoms with Gasteiger partial charge < -0.3 is 19.7 Å². The Morgan fingerprint density at radius 3 is 2.68 bits per heavy atom. The van der Waals surface area contributed by atoms with Crippen molar-refractivity contribution in [3.05, 3.63) is 22.3 Å². The average Bonchev–Trinajstić information content (AvgIpc) is 2.86. The minimum atomic E-state index is -0.809. The summed E-state index contributed by atoms with van der Waals surface area (Å²) in [6.45, 7) is 2.00. The second-order valence-electron chi connectivity index (χ2n) is 5.37. The number of fused-ring (bicyclic) bond motifs is 1. The van der Waals surface area contributed by atoms with Gasteiger partial charge in [-0.05, 0) is 31.7 Å². The summed E-state index contributed by atoms with van der Waals surface area (Å²) in [4.78, 5) is 22.2. The molecular formula is C16H20O6. The highest BCUT2D eigenvalue weighted by Gasteiger charge is 2.31. The Bertz CT molecular complexity index is 605. The minimum Gasteiger partial charge on any atom is -0.507 e. The molecule has 120 valence electrons. The molecule has 0 aliphatic carbocycles. The van der Waals surface area contributed by atoms with E-state index in [1.807, 2.05) is 6.92 Å². The Kier molecular flexibility index (Phi) is 4.90. The molecule has 0 fully saturated rings. The van der Waals surface area contributed by atoms with Gasteiger partial charge in [0.05, 0.1) is 7.11 Å². The van der Waals surface area contributed by atoms with E-state index in [1.165, 1.54) is 7.11 Å². The number of aromatic hydroxyl groups is 1. The van der Waals surface area contributed by atoms with Crippen molar-refractivity contribution in [3.63, 3.8) is 0 Å². The summed E-state index contributed by atoms with van der Waals surface area (Å²) in [6.07, 6.45) is 2.69. The van der Waals surface area contributed by atoms with Crippen LogP contribution in [0.2, 0.25) is 0 Å². The molecule has 1 aromatic carbocycles. The molecular weight excluding hydrogens is 288 g/mol. The van der Waals surface area contributed by atoms with Gasteiger partial charge in [0.15, 0.2) is 0 Å². The van der Waals surface area contributed by atoms with Gasteiger partial charge in [-0.3, -0.25) is 4.79 Å². The predicted octanol–water partition coefficient (Wildman–Crippen LogP) is 2.57. The van der Waals surface area contributed by atoms with Gasteiger partial charge in [-0.1, -0.05) is 6.42 Å². The Balaban J connectivity index is 2.20. The third-order valence-corrected chi connectivity index (χ3v) is 3.97. The SMILES string of the molecule is COc1c(C)c2c(c(O)c1CCCCCC(=O)O)C(=O)OC2. The molecule has 0 saturated heterocycles. The number of benzene rings is 1. The molecule has 2 N–H and O–H groups in total. The number of unbranched alkanes of at least 4 members (excludes halogenated alkanes) is 2. The van der Waals surface area contributed by atoms with Gasteiger partial charge in [0.25, 0.3) is 0 Å². The zero-order chi connectivity index (χ0) is 16.3. The first-order valence-corrected chi connectivity index (χ1v) is 7.27. The molecule has 0 saturated carbocycles. The highest BCUT2D eigenvalue weighted by Crippen LogP contribution is 2.42. The monoisotopic (exact) mass is 308 g/mol. The molecule has 0 unspecified atom stereocenters. The van der Waals surface area contributed by atoms with Gasteiger partial charge in [-0.15, -0.1) is 0 Å². The van der Waals surface area contributed by atoms with Crippen molar-refractivity contribution in [3.8, 4) is 11.5 Å². The van der Waals surface area contributed by atoms with Crippen LogP contribution in [0.4, 0.5) is 0 Å². The summed E-state index contributed by atoms with van der Waals surface area (Å²) in [7, 11) is 1.53. The maximum Gasteiger partial charge on any atom is 0.342 e. The van der Waals surface area contributed by atoms with Gasteiger partial charge in [-0.2, -0.15) is 0 Å². The molecule has 6 heteroatoms. The molecule has 0 spiro atoms. The number of phenolic OH excluding ortho intramolecular Hbond substituents is 1. The summed E-state index contributed by atoms with van der Waals surface area (Å²) >= 11 is 0. The van der Waals surface area contributed by atoms with E-state index in [0.29, 0.717) is 36.1 Å². The van der Waals surface area contributed by atoms with Crippen LogP contribution >= 0.6 is 0 Å². The molecule has 1 aliphatic rings. The highest BCUT2D eigenvalue weighted by molar-refractivity contribution is 5.98. The lowest BCUT2D eigenvalue weighted by Crippen LogP contribution is -2.03. The maximum atomic E-state index is 11.8. The van der Waals surface area contributed by atoms with Gasteiger partial charge in [-0.25, -0.2) is 4.79 Å². The molecule has 0 atom stereocenters. The fourth-order valence-electron chi connectivity index (χ4n) is 2.83. The van der Waals surface area contributed by atoms with E-state index in [2.05, 4.69) is 0 Å². The number of esters is 1. The van der Waals surface area contributed by atoms with Gasteiger partial charge in [0.2, 0.25) is 0 Å². The third kappa shape index (κ3) is 3.00. The second kappa shape index (κ2) is 6.68. The van der Waals surface area contributed by atoms with Crippen LogP contribution in [0, 0.1) is 6.92 Å². The van der Waals surface area contributed by atoms with Crippen molar-refractivity contribution in [2.24, 2.45) is 0 Å². The predicted molar refractivity (Wildman–Crippen MR) is 78.3 cm³/mol. The van der Waals surface area contributed by atoms with Crippen LogP contribution in [0.1, 0.15) is 52.7 Å². The van der Waals surface area contributed by atoms with Crippen molar-refractivity contribution in [2.75, 3.05) is 7.11 Å². The summed E-state index contributed by atoms with van der Waals surface area (Å²) in [5, 5.41) is 19.0. The number of rotatable bonds is 7. The number of phenols is 1. The molecule has 0 radical (unpaired) electrons. The quantitative estimate of drug-likeness (QED) is 0.594. The highest BCUT2D eigenvalue weighted by atomic mass is 16.5. The Morgan fingerprint density at radius 2 is 2.05 bits per heavy atom. The van der Waals surface area contributed by atoms with Crippen molar-refractivity contribution < 1.29 is 29.3 Å². The molecule has 0 aromatic heterocycles. The fourth-order valence-corrected chi connectivity index (χ4v) is 2.83. The lowest BCUT2D eigenvalue weighted by Gasteiger charge is -2.16. The average molecular weight is 308 g/mol. The van der Waals surface area contributed by atoms with E-state index < -0.39 is 11.9 Å². The fraction of sp³-hybridized carbons (Fsp3) is 0.500. The first-order chi connectivity index (χ1) is 10.5. The van der Waals surface area contributed by atoms with E-state index in [9.17, 15) is 14.7 Å². The number of methoxy groups -OCH3 is 1. The number of carboxylic acid groups (broad SMARTS) is 1. The third-order valence-electron chi connectivity index (χ3n) is 3.97. The summed E-state index contributed by atoms with van der Waals surface area (Å²) in [6, 6.07) is 0. The molecule has 1 aromatic rings. The maximum absolute atomic E-state index is 11.8. The molecule has 1 heterocycles. The summed E-state index contributed by atoms with van der Waals surface area (Å²) in [5.41, 5.74) is 2.31. The van der Waals surface area contributed by atoms with Crippen LogP contribution in [0.25, 0.3) is 0 Å². The normalized spacial score (nSPS) is 12.9. The van der Waals surface area contributed by atoms with Crippen LogP contribution < -0.4 is 4.74 Å². The van der Waals surface area contributed by atoms with Gasteiger partial charge >= 0.3 is 11.9 Å². The van der Waals surface area contributed by atoms with E-state index in [0.717, 1.165) is 12.0 Å². The minimum absolute atomic E-state index is 0.0711. The molecule has 2 rings (SSSR count). The van der Waals surface area contributed by atoms with Crippen molar-refractivity contribution in [2.45, 2.75) is 45.6 Å². The van der Waals surface area contributed by atoms with Crippen LogP contribution in [0.5, 0.6) is 11.5 Å². The summed E-state index contributed by atoms with van der Waals surface area (Å²) < 4.78 is 10.4. The lowest BCUT2D eigenvalue weighted by atomic mass is 9.94. The van der Waals surface area contributed by atoms with E-state index in [4.69, 9.17) is 14.6 Å². The number of carbonyl (C=O) groups is 2. The Morgan fingerprint density at radius 1 is 1.32 bits per heavy atom. The zero-order valence-electron chi connectivity index (χ0n) is 12.8. The van der Waals surface area contributed by atoms with Crippen molar-refractivity contribution in [1.82, 2.24) is 0 Å².